The largest absolute Gasteiger partial charge is 0.314 e. The van der Waals surface area contributed by atoms with Crippen LogP contribution in [0.5, 0.6) is 0 Å². The number of hydrogen-bond acceptors (Lipinski definition) is 2. The third-order valence-electron chi connectivity index (χ3n) is 2.44. The molecule has 1 saturated heterocycles. The van der Waals surface area contributed by atoms with Crippen molar-refractivity contribution in [3.63, 3.8) is 0 Å². The smallest absolute Gasteiger partial charge is 0.0195 e. The van der Waals surface area contributed by atoms with Crippen molar-refractivity contribution in [1.29, 1.82) is 0 Å². The molecule has 0 amide bonds. The zero-order valence-corrected chi connectivity index (χ0v) is 8.85. The average molecular weight is 213 g/mol. The van der Waals surface area contributed by atoms with Gasteiger partial charge in [-0.05, 0) is 12.3 Å². The summed E-state index contributed by atoms with van der Waals surface area (Å²) in [5.41, 5.74) is 0. The first-order chi connectivity index (χ1) is 4.95. The Labute approximate surface area is 86.7 Å². The monoisotopic (exact) mass is 212 g/mol. The molecule has 1 aliphatic heterocycles. The Morgan fingerprint density at radius 3 is 2.33 bits per heavy atom. The lowest BCUT2D eigenvalue weighted by atomic mass is 10.1. The highest BCUT2D eigenvalue weighted by Gasteiger charge is 2.25. The third-order valence-corrected chi connectivity index (χ3v) is 2.44. The molecule has 1 atom stereocenters. The lowest BCUT2D eigenvalue weighted by molar-refractivity contribution is 0.385. The van der Waals surface area contributed by atoms with Gasteiger partial charge in [-0.15, -0.1) is 24.8 Å². The van der Waals surface area contributed by atoms with Crippen LogP contribution < -0.4 is 10.6 Å². The Morgan fingerprint density at radius 2 is 1.83 bits per heavy atom. The molecule has 0 radical (unpaired) electrons. The zero-order valence-electron chi connectivity index (χ0n) is 7.21. The molecule has 2 aliphatic rings. The Bertz CT molecular complexity index is 112. The fourth-order valence-electron chi connectivity index (χ4n) is 1.64. The van der Waals surface area contributed by atoms with E-state index in [1.165, 1.54) is 25.8 Å². The van der Waals surface area contributed by atoms with Gasteiger partial charge in [-0.3, -0.25) is 0 Å². The van der Waals surface area contributed by atoms with E-state index in [9.17, 15) is 0 Å². The molecule has 0 aromatic rings. The molecule has 2 fully saturated rings. The van der Waals surface area contributed by atoms with Crippen LogP contribution in [0.25, 0.3) is 0 Å². The summed E-state index contributed by atoms with van der Waals surface area (Å²) in [6.45, 7) is 3.51. The van der Waals surface area contributed by atoms with Gasteiger partial charge in [0.2, 0.25) is 0 Å². The topological polar surface area (TPSA) is 24.1 Å². The Balaban J connectivity index is 0.000000605. The molecule has 2 nitrogen and oxygen atoms in total. The molecule has 4 heteroatoms. The van der Waals surface area contributed by atoms with Crippen molar-refractivity contribution in [3.05, 3.63) is 0 Å². The van der Waals surface area contributed by atoms with Gasteiger partial charge in [0, 0.05) is 25.7 Å². The molecular formula is C8H18Cl2N2. The fraction of sp³-hybridized carbons (Fsp3) is 1.00. The van der Waals surface area contributed by atoms with Crippen molar-refractivity contribution >= 4 is 24.8 Å². The lowest BCUT2D eigenvalue weighted by Gasteiger charge is -2.24. The molecule has 0 aromatic carbocycles. The SMILES string of the molecule is C1CNC(CC2CC2)CN1.Cl.Cl. The summed E-state index contributed by atoms with van der Waals surface area (Å²) in [5, 5.41) is 6.93. The zero-order chi connectivity index (χ0) is 6.81. The van der Waals surface area contributed by atoms with E-state index < -0.39 is 0 Å². The van der Waals surface area contributed by atoms with Gasteiger partial charge >= 0.3 is 0 Å². The molecule has 1 heterocycles. The van der Waals surface area contributed by atoms with Gasteiger partial charge in [-0.1, -0.05) is 12.8 Å². The van der Waals surface area contributed by atoms with Crippen LogP contribution in [0.4, 0.5) is 0 Å². The van der Waals surface area contributed by atoms with E-state index in [0.29, 0.717) is 0 Å². The third kappa shape index (κ3) is 3.94. The molecule has 2 rings (SSSR count). The van der Waals surface area contributed by atoms with Crippen LogP contribution in [0.15, 0.2) is 0 Å². The number of hydrogen-bond donors (Lipinski definition) is 2. The van der Waals surface area contributed by atoms with E-state index in [-0.39, 0.29) is 24.8 Å². The minimum atomic E-state index is 0. The van der Waals surface area contributed by atoms with Crippen molar-refractivity contribution in [1.82, 2.24) is 10.6 Å². The van der Waals surface area contributed by atoms with Crippen molar-refractivity contribution in [3.8, 4) is 0 Å². The summed E-state index contributed by atoms with van der Waals surface area (Å²) in [6, 6.07) is 0.779. The Kier molecular flexibility index (Phi) is 6.28. The number of piperazine rings is 1. The second kappa shape index (κ2) is 6.03. The predicted molar refractivity (Wildman–Crippen MR) is 56.5 cm³/mol. The number of nitrogens with one attached hydrogen (secondary N) is 2. The predicted octanol–water partition coefficient (Wildman–Crippen LogP) is 1.19. The first kappa shape index (κ1) is 12.5. The van der Waals surface area contributed by atoms with E-state index >= 15 is 0 Å². The van der Waals surface area contributed by atoms with Crippen molar-refractivity contribution in [2.75, 3.05) is 19.6 Å². The van der Waals surface area contributed by atoms with Crippen LogP contribution in [0.2, 0.25) is 0 Å². The standard InChI is InChI=1S/C8H16N2.2ClH/c1-2-7(1)5-8-6-9-3-4-10-8;;/h7-10H,1-6H2;2*1H. The molecule has 74 valence electrons. The summed E-state index contributed by atoms with van der Waals surface area (Å²) in [7, 11) is 0. The van der Waals surface area contributed by atoms with E-state index in [2.05, 4.69) is 10.6 Å². The number of rotatable bonds is 2. The summed E-state index contributed by atoms with van der Waals surface area (Å²) in [4.78, 5) is 0. The maximum absolute atomic E-state index is 3.53. The van der Waals surface area contributed by atoms with Crippen LogP contribution in [-0.4, -0.2) is 25.7 Å². The average Bonchev–Trinajstić information content (AvgIpc) is 2.74. The fourth-order valence-corrected chi connectivity index (χ4v) is 1.64. The molecule has 0 bridgehead atoms. The first-order valence-corrected chi connectivity index (χ1v) is 4.39. The van der Waals surface area contributed by atoms with Gasteiger partial charge in [-0.2, -0.15) is 0 Å². The molecule has 1 saturated carbocycles. The van der Waals surface area contributed by atoms with Crippen LogP contribution in [0.3, 0.4) is 0 Å². The minimum absolute atomic E-state index is 0. The quantitative estimate of drug-likeness (QED) is 0.720. The molecular weight excluding hydrogens is 195 g/mol. The van der Waals surface area contributed by atoms with Gasteiger partial charge in [0.25, 0.3) is 0 Å². The Hall–Kier alpha value is 0.500. The van der Waals surface area contributed by atoms with E-state index in [1.54, 1.807) is 0 Å². The van der Waals surface area contributed by atoms with Gasteiger partial charge in [0.15, 0.2) is 0 Å². The van der Waals surface area contributed by atoms with Crippen LogP contribution in [0.1, 0.15) is 19.3 Å². The second-order valence-electron chi connectivity index (χ2n) is 3.53. The maximum atomic E-state index is 3.53. The second-order valence-corrected chi connectivity index (χ2v) is 3.53. The molecule has 0 aromatic heterocycles. The maximum Gasteiger partial charge on any atom is 0.0195 e. The summed E-state index contributed by atoms with van der Waals surface area (Å²) in [6.07, 6.45) is 4.38. The molecule has 1 unspecified atom stereocenters. The molecule has 12 heavy (non-hydrogen) atoms. The van der Waals surface area contributed by atoms with Gasteiger partial charge < -0.3 is 10.6 Å². The normalized spacial score (nSPS) is 28.5. The van der Waals surface area contributed by atoms with Crippen LogP contribution in [-0.2, 0) is 0 Å². The van der Waals surface area contributed by atoms with Crippen molar-refractivity contribution < 1.29 is 0 Å². The van der Waals surface area contributed by atoms with Gasteiger partial charge in [0.05, 0.1) is 0 Å². The highest BCUT2D eigenvalue weighted by molar-refractivity contribution is 5.85. The van der Waals surface area contributed by atoms with Crippen molar-refractivity contribution in [2.45, 2.75) is 25.3 Å². The minimum Gasteiger partial charge on any atom is -0.314 e. The van der Waals surface area contributed by atoms with E-state index in [4.69, 9.17) is 0 Å². The van der Waals surface area contributed by atoms with Gasteiger partial charge in [0.1, 0.15) is 0 Å². The Morgan fingerprint density at radius 1 is 1.08 bits per heavy atom. The summed E-state index contributed by atoms with van der Waals surface area (Å²) >= 11 is 0. The van der Waals surface area contributed by atoms with E-state index in [1.807, 2.05) is 0 Å². The molecule has 2 N–H and O–H groups in total. The highest BCUT2D eigenvalue weighted by Crippen LogP contribution is 2.33. The molecule has 1 aliphatic carbocycles. The van der Waals surface area contributed by atoms with E-state index in [0.717, 1.165) is 25.0 Å². The van der Waals surface area contributed by atoms with Gasteiger partial charge in [-0.25, -0.2) is 0 Å². The lowest BCUT2D eigenvalue weighted by Crippen LogP contribution is -2.48. The van der Waals surface area contributed by atoms with Crippen LogP contribution >= 0.6 is 24.8 Å². The van der Waals surface area contributed by atoms with Crippen LogP contribution in [0, 0.1) is 5.92 Å². The molecule has 0 spiro atoms. The summed E-state index contributed by atoms with van der Waals surface area (Å²) in [5.74, 6) is 1.07. The first-order valence-electron chi connectivity index (χ1n) is 4.39. The summed E-state index contributed by atoms with van der Waals surface area (Å²) < 4.78 is 0. The van der Waals surface area contributed by atoms with Crippen molar-refractivity contribution in [2.24, 2.45) is 5.92 Å². The highest BCUT2D eigenvalue weighted by atomic mass is 35.5. The number of halogens is 2.